The van der Waals surface area contributed by atoms with Crippen molar-refractivity contribution in [2.75, 3.05) is 26.2 Å². The maximum atomic E-state index is 13.8. The Balaban J connectivity index is 1.65. The number of hydrogen-bond acceptors (Lipinski definition) is 2. The molecule has 130 valence electrons. The number of hydrogen-bond donors (Lipinski definition) is 0. The minimum Gasteiger partial charge on any atom is -0.335 e. The van der Waals surface area contributed by atoms with Crippen molar-refractivity contribution in [1.82, 2.24) is 9.80 Å². The molecule has 1 fully saturated rings. The fourth-order valence-electron chi connectivity index (χ4n) is 2.75. The molecule has 0 N–H and O–H groups in total. The fraction of sp³-hybridized carbons (Fsp3) is 0.222. The van der Waals surface area contributed by atoms with Crippen molar-refractivity contribution in [2.45, 2.75) is 0 Å². The Morgan fingerprint density at radius 3 is 2.12 bits per heavy atom. The summed E-state index contributed by atoms with van der Waals surface area (Å²) >= 11 is 5.90. The lowest BCUT2D eigenvalue weighted by atomic mass is 10.1. The van der Waals surface area contributed by atoms with Gasteiger partial charge in [0.15, 0.2) is 0 Å². The minimum absolute atomic E-state index is 0.164. The number of halogens is 3. The molecule has 0 radical (unpaired) electrons. The van der Waals surface area contributed by atoms with Crippen molar-refractivity contribution >= 4 is 23.4 Å². The van der Waals surface area contributed by atoms with Crippen molar-refractivity contribution in [2.24, 2.45) is 0 Å². The van der Waals surface area contributed by atoms with E-state index in [-0.39, 0.29) is 24.6 Å². The minimum atomic E-state index is -0.887. The molecule has 0 saturated carbocycles. The van der Waals surface area contributed by atoms with Crippen molar-refractivity contribution in [1.29, 1.82) is 0 Å². The SMILES string of the molecule is O=C(c1cccc(Cl)c1)N1CCN(C(=O)c2ccc(F)cc2F)CC1. The lowest BCUT2D eigenvalue weighted by Crippen LogP contribution is -2.50. The second kappa shape index (κ2) is 7.19. The number of piperazine rings is 1. The molecule has 0 aromatic heterocycles. The first-order valence-corrected chi connectivity index (χ1v) is 8.12. The summed E-state index contributed by atoms with van der Waals surface area (Å²) in [6.07, 6.45) is 0. The van der Waals surface area contributed by atoms with Crippen molar-refractivity contribution in [3.8, 4) is 0 Å². The third kappa shape index (κ3) is 3.79. The molecule has 2 aromatic rings. The molecule has 7 heteroatoms. The summed E-state index contributed by atoms with van der Waals surface area (Å²) in [6.45, 7) is 1.23. The highest BCUT2D eigenvalue weighted by Crippen LogP contribution is 2.17. The third-order valence-electron chi connectivity index (χ3n) is 4.09. The first-order valence-electron chi connectivity index (χ1n) is 7.75. The quantitative estimate of drug-likeness (QED) is 0.821. The molecule has 0 spiro atoms. The normalized spacial score (nSPS) is 14.5. The summed E-state index contributed by atoms with van der Waals surface area (Å²) in [7, 11) is 0. The van der Waals surface area contributed by atoms with Crippen LogP contribution in [0.1, 0.15) is 20.7 Å². The molecular weight excluding hydrogens is 350 g/mol. The van der Waals surface area contributed by atoms with Crippen LogP contribution in [-0.2, 0) is 0 Å². The van der Waals surface area contributed by atoms with E-state index in [0.29, 0.717) is 29.7 Å². The highest BCUT2D eigenvalue weighted by atomic mass is 35.5. The number of carbonyl (C=O) groups excluding carboxylic acids is 2. The van der Waals surface area contributed by atoms with Crippen LogP contribution in [0, 0.1) is 11.6 Å². The molecule has 2 amide bonds. The van der Waals surface area contributed by atoms with Gasteiger partial charge in [-0.15, -0.1) is 0 Å². The van der Waals surface area contributed by atoms with Gasteiger partial charge in [0.2, 0.25) is 0 Å². The largest absolute Gasteiger partial charge is 0.335 e. The number of nitrogens with zero attached hydrogens (tertiary/aromatic N) is 2. The van der Waals surface area contributed by atoms with Gasteiger partial charge in [-0.25, -0.2) is 8.78 Å². The van der Waals surface area contributed by atoms with E-state index in [9.17, 15) is 18.4 Å². The Bertz CT molecular complexity index is 820. The van der Waals surface area contributed by atoms with Crippen LogP contribution >= 0.6 is 11.6 Å². The van der Waals surface area contributed by atoms with Crippen LogP contribution in [0.3, 0.4) is 0 Å². The van der Waals surface area contributed by atoms with Crippen LogP contribution in [0.2, 0.25) is 5.02 Å². The predicted octanol–water partition coefficient (Wildman–Crippen LogP) is 3.22. The lowest BCUT2D eigenvalue weighted by Gasteiger charge is -2.35. The highest BCUT2D eigenvalue weighted by molar-refractivity contribution is 6.30. The van der Waals surface area contributed by atoms with Gasteiger partial charge in [-0.05, 0) is 30.3 Å². The molecule has 4 nitrogen and oxygen atoms in total. The lowest BCUT2D eigenvalue weighted by molar-refractivity contribution is 0.0532. The standard InChI is InChI=1S/C18H15ClF2N2O2/c19-13-3-1-2-12(10-13)17(24)22-6-8-23(9-7-22)18(25)15-5-4-14(20)11-16(15)21/h1-5,10-11H,6-9H2. The fourth-order valence-corrected chi connectivity index (χ4v) is 2.94. The molecule has 3 rings (SSSR count). The first-order chi connectivity index (χ1) is 12.0. The molecular formula is C18H15ClF2N2O2. The predicted molar refractivity (Wildman–Crippen MR) is 89.6 cm³/mol. The van der Waals surface area contributed by atoms with Gasteiger partial charge >= 0.3 is 0 Å². The molecule has 1 heterocycles. The van der Waals surface area contributed by atoms with Gasteiger partial charge in [0.05, 0.1) is 5.56 Å². The van der Waals surface area contributed by atoms with E-state index in [1.807, 2.05) is 0 Å². The molecule has 1 aliphatic rings. The number of carbonyl (C=O) groups is 2. The van der Waals surface area contributed by atoms with Gasteiger partial charge < -0.3 is 9.80 Å². The van der Waals surface area contributed by atoms with E-state index in [1.165, 1.54) is 4.90 Å². The van der Waals surface area contributed by atoms with Gasteiger partial charge in [0.1, 0.15) is 11.6 Å². The van der Waals surface area contributed by atoms with E-state index in [0.717, 1.165) is 12.1 Å². The van der Waals surface area contributed by atoms with Gasteiger partial charge in [-0.2, -0.15) is 0 Å². The van der Waals surface area contributed by atoms with Gasteiger partial charge in [-0.1, -0.05) is 17.7 Å². The Morgan fingerprint density at radius 2 is 1.52 bits per heavy atom. The van der Waals surface area contributed by atoms with Crippen molar-refractivity contribution in [3.63, 3.8) is 0 Å². The second-order valence-corrected chi connectivity index (χ2v) is 6.16. The molecule has 25 heavy (non-hydrogen) atoms. The molecule has 2 aromatic carbocycles. The van der Waals surface area contributed by atoms with E-state index >= 15 is 0 Å². The summed E-state index contributed by atoms with van der Waals surface area (Å²) in [5.74, 6) is -2.29. The van der Waals surface area contributed by atoms with Crippen molar-refractivity contribution < 1.29 is 18.4 Å². The highest BCUT2D eigenvalue weighted by Gasteiger charge is 2.27. The number of amides is 2. The third-order valence-corrected chi connectivity index (χ3v) is 4.32. The summed E-state index contributed by atoms with van der Waals surface area (Å²) < 4.78 is 26.7. The van der Waals surface area contributed by atoms with Crippen LogP contribution in [0.5, 0.6) is 0 Å². The molecule has 0 bridgehead atoms. The zero-order chi connectivity index (χ0) is 18.0. The zero-order valence-corrected chi connectivity index (χ0v) is 14.0. The van der Waals surface area contributed by atoms with Crippen LogP contribution < -0.4 is 0 Å². The maximum absolute atomic E-state index is 13.8. The van der Waals surface area contributed by atoms with E-state index in [4.69, 9.17) is 11.6 Å². The maximum Gasteiger partial charge on any atom is 0.256 e. The van der Waals surface area contributed by atoms with Crippen LogP contribution in [0.4, 0.5) is 8.78 Å². The molecule has 0 aliphatic carbocycles. The van der Waals surface area contributed by atoms with E-state index < -0.39 is 17.5 Å². The van der Waals surface area contributed by atoms with Gasteiger partial charge in [-0.3, -0.25) is 9.59 Å². The zero-order valence-electron chi connectivity index (χ0n) is 13.2. The van der Waals surface area contributed by atoms with Crippen LogP contribution in [0.15, 0.2) is 42.5 Å². The second-order valence-electron chi connectivity index (χ2n) is 5.72. The summed E-state index contributed by atoms with van der Waals surface area (Å²) in [5.41, 5.74) is 0.313. The van der Waals surface area contributed by atoms with Gasteiger partial charge in [0, 0.05) is 42.8 Å². The average molecular weight is 365 g/mol. The van der Waals surface area contributed by atoms with Crippen molar-refractivity contribution in [3.05, 3.63) is 70.2 Å². The summed E-state index contributed by atoms with van der Waals surface area (Å²) in [6, 6.07) is 9.53. The molecule has 1 aliphatic heterocycles. The van der Waals surface area contributed by atoms with E-state index in [1.54, 1.807) is 29.2 Å². The number of rotatable bonds is 2. The van der Waals surface area contributed by atoms with E-state index in [2.05, 4.69) is 0 Å². The monoisotopic (exact) mass is 364 g/mol. The Labute approximate surface area is 148 Å². The van der Waals surface area contributed by atoms with Crippen LogP contribution in [0.25, 0.3) is 0 Å². The van der Waals surface area contributed by atoms with Gasteiger partial charge in [0.25, 0.3) is 11.8 Å². The summed E-state index contributed by atoms with van der Waals surface area (Å²) in [5, 5.41) is 0.478. The van der Waals surface area contributed by atoms with Crippen LogP contribution in [-0.4, -0.2) is 47.8 Å². The summed E-state index contributed by atoms with van der Waals surface area (Å²) in [4.78, 5) is 27.9. The molecule has 1 saturated heterocycles. The molecule has 0 unspecified atom stereocenters. The Kier molecular flexibility index (Phi) is 4.99. The Morgan fingerprint density at radius 1 is 0.880 bits per heavy atom. The smallest absolute Gasteiger partial charge is 0.256 e. The Hall–Kier alpha value is -2.47. The number of benzene rings is 2. The molecule has 0 atom stereocenters. The average Bonchev–Trinajstić information content (AvgIpc) is 2.61. The topological polar surface area (TPSA) is 40.6 Å². The first kappa shape index (κ1) is 17.4.